The van der Waals surface area contributed by atoms with Gasteiger partial charge in [0.1, 0.15) is 12.2 Å². The first kappa shape index (κ1) is 23.5. The van der Waals surface area contributed by atoms with Crippen molar-refractivity contribution in [2.45, 2.75) is 37.9 Å². The molecule has 2 amide bonds. The van der Waals surface area contributed by atoms with Gasteiger partial charge in [-0.1, -0.05) is 0 Å². The van der Waals surface area contributed by atoms with Gasteiger partial charge in [0.05, 0.1) is 11.4 Å². The van der Waals surface area contributed by atoms with Gasteiger partial charge in [0.25, 0.3) is 11.8 Å². The number of alkyl halides is 4. The van der Waals surface area contributed by atoms with Gasteiger partial charge in [-0.2, -0.15) is 18.3 Å². The van der Waals surface area contributed by atoms with Crippen molar-refractivity contribution in [1.29, 1.82) is 0 Å². The van der Waals surface area contributed by atoms with Crippen molar-refractivity contribution in [3.63, 3.8) is 0 Å². The van der Waals surface area contributed by atoms with E-state index < -0.39 is 24.5 Å². The monoisotopic (exact) mass is 445 g/mol. The molecular weight excluding hydrogens is 423 g/mol. The second-order valence-electron chi connectivity index (χ2n) is 6.70. The highest BCUT2D eigenvalue weighted by atomic mass is 35.5. The van der Waals surface area contributed by atoms with Crippen LogP contribution in [-0.4, -0.2) is 43.2 Å². The van der Waals surface area contributed by atoms with E-state index in [1.807, 2.05) is 0 Å². The van der Waals surface area contributed by atoms with Gasteiger partial charge in [0.2, 0.25) is 0 Å². The first-order valence-corrected chi connectivity index (χ1v) is 9.77. The molecule has 1 saturated carbocycles. The summed E-state index contributed by atoms with van der Waals surface area (Å²) < 4.78 is 36.8. The average Bonchev–Trinajstić information content (AvgIpc) is 3.52. The van der Waals surface area contributed by atoms with Crippen LogP contribution in [0.4, 0.5) is 18.9 Å². The minimum Gasteiger partial charge on any atom is -0.393 e. The number of nitrogens with one attached hydrogen (secondary N) is 2. The normalized spacial score (nSPS) is 14.5. The van der Waals surface area contributed by atoms with Crippen LogP contribution in [0.15, 0.2) is 40.8 Å². The number of hydrazone groups is 1. The average molecular weight is 446 g/mol. The van der Waals surface area contributed by atoms with E-state index in [0.717, 1.165) is 12.8 Å². The lowest BCUT2D eigenvalue weighted by Crippen LogP contribution is -2.34. The molecule has 1 aliphatic carbocycles. The number of rotatable bonds is 10. The van der Waals surface area contributed by atoms with E-state index in [4.69, 9.17) is 17.3 Å². The smallest absolute Gasteiger partial charge is 0.393 e. The fraction of sp³-hybridized carbons (Fsp3) is 0.421. The van der Waals surface area contributed by atoms with E-state index in [2.05, 4.69) is 17.1 Å². The summed E-state index contributed by atoms with van der Waals surface area (Å²) in [5.41, 5.74) is 6.91. The number of allylic oxidation sites excluding steroid dienone is 1. The molecule has 11 heteroatoms. The molecule has 0 aromatic heterocycles. The number of hydrogen-bond acceptors (Lipinski definition) is 5. The number of hydrogen-bond donors (Lipinski definition) is 3. The predicted molar refractivity (Wildman–Crippen MR) is 109 cm³/mol. The summed E-state index contributed by atoms with van der Waals surface area (Å²) in [6.07, 6.45) is -1.83. The number of anilines is 1. The van der Waals surface area contributed by atoms with Gasteiger partial charge in [-0.25, -0.2) is 5.01 Å². The Hall–Kier alpha value is -2.75. The molecule has 164 valence electrons. The highest BCUT2D eigenvalue weighted by Crippen LogP contribution is 2.26. The molecule has 0 atom stereocenters. The number of nitrogens with two attached hydrogens (primary N) is 1. The third-order valence-corrected chi connectivity index (χ3v) is 4.50. The second kappa shape index (κ2) is 10.3. The molecule has 1 aliphatic rings. The van der Waals surface area contributed by atoms with E-state index in [1.54, 1.807) is 5.32 Å². The number of amides is 2. The molecule has 1 fully saturated rings. The highest BCUT2D eigenvalue weighted by Gasteiger charge is 2.28. The summed E-state index contributed by atoms with van der Waals surface area (Å²) in [7, 11) is 0. The molecule has 0 unspecified atom stereocenters. The van der Waals surface area contributed by atoms with Crippen LogP contribution in [-0.2, 0) is 4.79 Å². The van der Waals surface area contributed by atoms with E-state index in [-0.39, 0.29) is 17.3 Å². The standard InChI is InChI=1S/C19H23ClF3N5O2/c1-25-28(15(3-2-10-20)16(24)18(30)27-13-6-7-13)14-8-4-12(5-9-14)17(29)26-11-19(21,22)23/h4-5,8-9,13H,1-3,6-7,10-11,24H2,(H,26,29)(H,27,30)/b16-15-. The zero-order chi connectivity index (χ0) is 22.3. The molecule has 1 aromatic rings. The molecule has 4 N–H and O–H groups in total. The minimum absolute atomic E-state index is 0.0218. The molecule has 0 bridgehead atoms. The summed E-state index contributed by atoms with van der Waals surface area (Å²) in [5, 5.41) is 9.88. The Kier molecular flexibility index (Phi) is 8.10. The Bertz CT molecular complexity index is 807. The number of nitrogens with zero attached hydrogens (tertiary/aromatic N) is 2. The lowest BCUT2D eigenvalue weighted by Gasteiger charge is -2.24. The highest BCUT2D eigenvalue weighted by molar-refractivity contribution is 6.17. The summed E-state index contributed by atoms with van der Waals surface area (Å²) >= 11 is 5.78. The second-order valence-corrected chi connectivity index (χ2v) is 7.08. The maximum Gasteiger partial charge on any atom is 0.405 e. The lowest BCUT2D eigenvalue weighted by atomic mass is 10.1. The molecule has 0 spiro atoms. The van der Waals surface area contributed by atoms with Crippen molar-refractivity contribution in [2.75, 3.05) is 17.4 Å². The zero-order valence-corrected chi connectivity index (χ0v) is 16.9. The lowest BCUT2D eigenvalue weighted by molar-refractivity contribution is -0.123. The van der Waals surface area contributed by atoms with Crippen molar-refractivity contribution >= 4 is 35.8 Å². The third kappa shape index (κ3) is 6.94. The van der Waals surface area contributed by atoms with Gasteiger partial charge >= 0.3 is 6.18 Å². The first-order valence-electron chi connectivity index (χ1n) is 9.23. The Balaban J connectivity index is 2.22. The maximum absolute atomic E-state index is 12.4. The third-order valence-electron chi connectivity index (χ3n) is 4.24. The van der Waals surface area contributed by atoms with Gasteiger partial charge in [-0.15, -0.1) is 11.6 Å². The van der Waals surface area contributed by atoms with Gasteiger partial charge in [0.15, 0.2) is 0 Å². The largest absolute Gasteiger partial charge is 0.405 e. The maximum atomic E-state index is 12.4. The molecule has 7 nitrogen and oxygen atoms in total. The Labute approximate surface area is 177 Å². The van der Waals surface area contributed by atoms with Crippen LogP contribution in [0.5, 0.6) is 0 Å². The molecule has 30 heavy (non-hydrogen) atoms. The van der Waals surface area contributed by atoms with Crippen molar-refractivity contribution < 1.29 is 22.8 Å². The molecule has 0 heterocycles. The van der Waals surface area contributed by atoms with Crippen LogP contribution in [0.2, 0.25) is 0 Å². The van der Waals surface area contributed by atoms with E-state index in [9.17, 15) is 22.8 Å². The topological polar surface area (TPSA) is 99.8 Å². The number of carbonyl (C=O) groups is 2. The van der Waals surface area contributed by atoms with Crippen LogP contribution >= 0.6 is 11.6 Å². The summed E-state index contributed by atoms with van der Waals surface area (Å²) in [4.78, 5) is 24.3. The SMILES string of the molecule is C=NN(/C(CCCCl)=C(\N)C(=O)NC1CC1)c1ccc(C(=O)NCC(F)(F)F)cc1. The van der Waals surface area contributed by atoms with Crippen LogP contribution in [0.3, 0.4) is 0 Å². The van der Waals surface area contributed by atoms with Crippen molar-refractivity contribution in [2.24, 2.45) is 10.8 Å². The fourth-order valence-corrected chi connectivity index (χ4v) is 2.70. The first-order chi connectivity index (χ1) is 14.2. The predicted octanol–water partition coefficient (Wildman–Crippen LogP) is 2.87. The van der Waals surface area contributed by atoms with Crippen LogP contribution in [0.1, 0.15) is 36.0 Å². The van der Waals surface area contributed by atoms with Crippen LogP contribution in [0.25, 0.3) is 0 Å². The Morgan fingerprint density at radius 3 is 2.40 bits per heavy atom. The molecule has 1 aromatic carbocycles. The van der Waals surface area contributed by atoms with E-state index in [0.29, 0.717) is 30.1 Å². The molecule has 0 saturated heterocycles. The van der Waals surface area contributed by atoms with Crippen LogP contribution < -0.4 is 21.4 Å². The van der Waals surface area contributed by atoms with Gasteiger partial charge in [-0.05, 0) is 49.9 Å². The molecule has 2 rings (SSSR count). The number of carbonyl (C=O) groups excluding carboxylic acids is 2. The summed E-state index contributed by atoms with van der Waals surface area (Å²) in [6, 6.07) is 5.76. The molecular formula is C19H23ClF3N5O2. The quantitative estimate of drug-likeness (QED) is 0.223. The Morgan fingerprint density at radius 2 is 1.90 bits per heavy atom. The molecule has 0 aliphatic heterocycles. The van der Waals surface area contributed by atoms with E-state index >= 15 is 0 Å². The van der Waals surface area contributed by atoms with Gasteiger partial charge in [0, 0.05) is 24.2 Å². The fourth-order valence-electron chi connectivity index (χ4n) is 2.57. The van der Waals surface area contributed by atoms with Gasteiger partial charge in [-0.3, -0.25) is 9.59 Å². The van der Waals surface area contributed by atoms with Crippen molar-refractivity contribution in [1.82, 2.24) is 10.6 Å². The number of benzene rings is 1. The van der Waals surface area contributed by atoms with Gasteiger partial charge < -0.3 is 16.4 Å². The van der Waals surface area contributed by atoms with Crippen LogP contribution in [0, 0.1) is 0 Å². The Morgan fingerprint density at radius 1 is 1.27 bits per heavy atom. The summed E-state index contributed by atoms with van der Waals surface area (Å²) in [6.45, 7) is 2.09. The minimum atomic E-state index is -4.50. The molecule has 0 radical (unpaired) electrons. The zero-order valence-electron chi connectivity index (χ0n) is 16.1. The summed E-state index contributed by atoms with van der Waals surface area (Å²) in [5.74, 6) is -0.943. The van der Waals surface area contributed by atoms with E-state index in [1.165, 1.54) is 29.3 Å². The van der Waals surface area contributed by atoms with Crippen molar-refractivity contribution in [3.8, 4) is 0 Å². The van der Waals surface area contributed by atoms with Crippen molar-refractivity contribution in [3.05, 3.63) is 41.2 Å². The number of halogens is 4.